The second kappa shape index (κ2) is 9.74. The summed E-state index contributed by atoms with van der Waals surface area (Å²) in [5.74, 6) is -0.00204. The first-order valence-electron chi connectivity index (χ1n) is 8.13. The van der Waals surface area contributed by atoms with Crippen LogP contribution in [0.25, 0.3) is 0 Å². The second-order valence-corrected chi connectivity index (χ2v) is 6.87. The van der Waals surface area contributed by atoms with E-state index in [2.05, 4.69) is 38.1 Å². The SMILES string of the molecule is CCCCCCC(=O)NC(c1cccc(Br)c1)c1nccnc1Cl. The van der Waals surface area contributed by atoms with Gasteiger partial charge in [-0.25, -0.2) is 4.98 Å². The normalized spacial score (nSPS) is 12.0. The van der Waals surface area contributed by atoms with E-state index in [0.717, 1.165) is 35.7 Å². The minimum Gasteiger partial charge on any atom is -0.343 e. The molecular weight excluding hydrogens is 390 g/mol. The van der Waals surface area contributed by atoms with Crippen molar-refractivity contribution in [3.05, 3.63) is 57.5 Å². The molecule has 1 heterocycles. The standard InChI is InChI=1S/C18H21BrClN3O/c1-2-3-4-5-9-15(24)23-16(13-7-6-8-14(19)12-13)17-18(20)22-11-10-21-17/h6-8,10-12,16H,2-5,9H2,1H3,(H,23,24). The number of rotatable bonds is 8. The number of unbranched alkanes of at least 4 members (excludes halogenated alkanes) is 3. The summed E-state index contributed by atoms with van der Waals surface area (Å²) < 4.78 is 0.933. The summed E-state index contributed by atoms with van der Waals surface area (Å²) in [6.07, 6.45) is 7.88. The summed E-state index contributed by atoms with van der Waals surface area (Å²) in [6.45, 7) is 2.15. The lowest BCUT2D eigenvalue weighted by Gasteiger charge is -2.19. The fourth-order valence-corrected chi connectivity index (χ4v) is 3.10. The fraction of sp³-hybridized carbons (Fsp3) is 0.389. The van der Waals surface area contributed by atoms with Crippen molar-refractivity contribution in [1.82, 2.24) is 15.3 Å². The molecule has 1 aromatic heterocycles. The second-order valence-electron chi connectivity index (χ2n) is 5.60. The zero-order chi connectivity index (χ0) is 17.4. The molecule has 0 aliphatic heterocycles. The Morgan fingerprint density at radius 3 is 2.75 bits per heavy atom. The van der Waals surface area contributed by atoms with Gasteiger partial charge in [0.15, 0.2) is 5.15 Å². The van der Waals surface area contributed by atoms with E-state index in [-0.39, 0.29) is 5.91 Å². The van der Waals surface area contributed by atoms with Gasteiger partial charge in [-0.1, -0.05) is 65.8 Å². The lowest BCUT2D eigenvalue weighted by atomic mass is 10.0. The molecule has 0 bridgehead atoms. The number of hydrogen-bond donors (Lipinski definition) is 1. The largest absolute Gasteiger partial charge is 0.343 e. The summed E-state index contributed by atoms with van der Waals surface area (Å²) >= 11 is 9.67. The molecule has 0 saturated carbocycles. The van der Waals surface area contributed by atoms with Gasteiger partial charge >= 0.3 is 0 Å². The lowest BCUT2D eigenvalue weighted by molar-refractivity contribution is -0.121. The first-order valence-corrected chi connectivity index (χ1v) is 9.30. The smallest absolute Gasteiger partial charge is 0.220 e. The van der Waals surface area contributed by atoms with E-state index in [1.165, 1.54) is 6.20 Å². The summed E-state index contributed by atoms with van der Waals surface area (Å²) in [5, 5.41) is 3.35. The molecule has 0 aliphatic rings. The maximum atomic E-state index is 12.3. The zero-order valence-corrected chi connectivity index (χ0v) is 16.0. The van der Waals surface area contributed by atoms with Gasteiger partial charge in [0.1, 0.15) is 5.69 Å². The van der Waals surface area contributed by atoms with Gasteiger partial charge in [-0.15, -0.1) is 0 Å². The number of halogens is 2. The Hall–Kier alpha value is -1.46. The number of amides is 1. The molecule has 0 spiro atoms. The van der Waals surface area contributed by atoms with Crippen LogP contribution in [-0.4, -0.2) is 15.9 Å². The molecular formula is C18H21BrClN3O. The van der Waals surface area contributed by atoms with Crippen molar-refractivity contribution in [2.75, 3.05) is 0 Å². The summed E-state index contributed by atoms with van der Waals surface area (Å²) in [5.41, 5.74) is 1.47. The Balaban J connectivity index is 2.18. The Labute approximate surface area is 156 Å². The molecule has 6 heteroatoms. The molecule has 1 amide bonds. The Kier molecular flexibility index (Phi) is 7.66. The fourth-order valence-electron chi connectivity index (χ4n) is 2.47. The minimum atomic E-state index is -0.414. The molecule has 24 heavy (non-hydrogen) atoms. The van der Waals surface area contributed by atoms with E-state index in [0.29, 0.717) is 17.3 Å². The van der Waals surface area contributed by atoms with Gasteiger partial charge in [0.2, 0.25) is 5.91 Å². The van der Waals surface area contributed by atoms with Gasteiger partial charge in [-0.2, -0.15) is 0 Å². The van der Waals surface area contributed by atoms with Crippen LogP contribution in [0.3, 0.4) is 0 Å². The molecule has 0 saturated heterocycles. The number of carbonyl (C=O) groups is 1. The van der Waals surface area contributed by atoms with Gasteiger partial charge in [0, 0.05) is 23.3 Å². The first-order chi connectivity index (χ1) is 11.6. The van der Waals surface area contributed by atoms with Crippen molar-refractivity contribution in [3.8, 4) is 0 Å². The lowest BCUT2D eigenvalue weighted by Crippen LogP contribution is -2.30. The van der Waals surface area contributed by atoms with Gasteiger partial charge in [0.25, 0.3) is 0 Å². The van der Waals surface area contributed by atoms with E-state index in [4.69, 9.17) is 11.6 Å². The van der Waals surface area contributed by atoms with Crippen molar-refractivity contribution in [3.63, 3.8) is 0 Å². The van der Waals surface area contributed by atoms with Gasteiger partial charge in [0.05, 0.1) is 6.04 Å². The molecule has 128 valence electrons. The highest BCUT2D eigenvalue weighted by Gasteiger charge is 2.21. The minimum absolute atomic E-state index is 0.00204. The molecule has 0 fully saturated rings. The van der Waals surface area contributed by atoms with Crippen LogP contribution in [-0.2, 0) is 4.79 Å². The van der Waals surface area contributed by atoms with Crippen LogP contribution in [0.2, 0.25) is 5.15 Å². The first kappa shape index (κ1) is 18.9. The van der Waals surface area contributed by atoms with E-state index >= 15 is 0 Å². The van der Waals surface area contributed by atoms with Crippen LogP contribution in [0.1, 0.15) is 56.3 Å². The van der Waals surface area contributed by atoms with Gasteiger partial charge in [-0.3, -0.25) is 9.78 Å². The Bertz CT molecular complexity index is 681. The Morgan fingerprint density at radius 2 is 2.04 bits per heavy atom. The van der Waals surface area contributed by atoms with Crippen LogP contribution in [0, 0.1) is 0 Å². The predicted molar refractivity (Wildman–Crippen MR) is 99.9 cm³/mol. The summed E-state index contributed by atoms with van der Waals surface area (Å²) in [7, 11) is 0. The van der Waals surface area contributed by atoms with Crippen molar-refractivity contribution in [2.24, 2.45) is 0 Å². The number of aromatic nitrogens is 2. The highest BCUT2D eigenvalue weighted by atomic mass is 79.9. The summed E-state index contributed by atoms with van der Waals surface area (Å²) in [4.78, 5) is 20.8. The van der Waals surface area contributed by atoms with Crippen molar-refractivity contribution >= 4 is 33.4 Å². The van der Waals surface area contributed by atoms with Crippen LogP contribution >= 0.6 is 27.5 Å². The molecule has 1 atom stereocenters. The average Bonchev–Trinajstić information content (AvgIpc) is 2.57. The van der Waals surface area contributed by atoms with Crippen molar-refractivity contribution in [2.45, 2.75) is 45.1 Å². The third-order valence-electron chi connectivity index (χ3n) is 3.70. The monoisotopic (exact) mass is 409 g/mol. The maximum absolute atomic E-state index is 12.3. The van der Waals surface area contributed by atoms with Gasteiger partial charge in [-0.05, 0) is 24.1 Å². The third kappa shape index (κ3) is 5.56. The third-order valence-corrected chi connectivity index (χ3v) is 4.48. The number of nitrogens with one attached hydrogen (secondary N) is 1. The van der Waals surface area contributed by atoms with Crippen LogP contribution in [0.5, 0.6) is 0 Å². The topological polar surface area (TPSA) is 54.9 Å². The molecule has 2 aromatic rings. The Morgan fingerprint density at radius 1 is 1.25 bits per heavy atom. The van der Waals surface area contributed by atoms with Crippen LogP contribution in [0.4, 0.5) is 0 Å². The molecule has 1 aromatic carbocycles. The molecule has 0 aliphatic carbocycles. The molecule has 1 unspecified atom stereocenters. The number of nitrogens with zero attached hydrogens (tertiary/aromatic N) is 2. The molecule has 2 rings (SSSR count). The molecule has 4 nitrogen and oxygen atoms in total. The van der Waals surface area contributed by atoms with Gasteiger partial charge < -0.3 is 5.32 Å². The van der Waals surface area contributed by atoms with E-state index in [1.807, 2.05) is 24.3 Å². The van der Waals surface area contributed by atoms with Crippen molar-refractivity contribution in [1.29, 1.82) is 0 Å². The number of hydrogen-bond acceptors (Lipinski definition) is 3. The van der Waals surface area contributed by atoms with E-state index in [1.54, 1.807) is 6.20 Å². The van der Waals surface area contributed by atoms with E-state index < -0.39 is 6.04 Å². The predicted octanol–water partition coefficient (Wildman–Crippen LogP) is 5.07. The number of benzene rings is 1. The zero-order valence-electron chi connectivity index (χ0n) is 13.6. The molecule has 1 N–H and O–H groups in total. The maximum Gasteiger partial charge on any atom is 0.220 e. The van der Waals surface area contributed by atoms with Crippen LogP contribution < -0.4 is 5.32 Å². The number of carbonyl (C=O) groups excluding carboxylic acids is 1. The molecule has 0 radical (unpaired) electrons. The highest BCUT2D eigenvalue weighted by Crippen LogP contribution is 2.27. The average molecular weight is 411 g/mol. The van der Waals surface area contributed by atoms with Crippen LogP contribution in [0.15, 0.2) is 41.1 Å². The van der Waals surface area contributed by atoms with E-state index in [9.17, 15) is 4.79 Å². The summed E-state index contributed by atoms with van der Waals surface area (Å²) in [6, 6.07) is 7.34. The van der Waals surface area contributed by atoms with Crippen molar-refractivity contribution < 1.29 is 4.79 Å². The quantitative estimate of drug-likeness (QED) is 0.618. The highest BCUT2D eigenvalue weighted by molar-refractivity contribution is 9.10.